The van der Waals surface area contributed by atoms with E-state index in [1.54, 1.807) is 0 Å². The van der Waals surface area contributed by atoms with Crippen LogP contribution in [0.2, 0.25) is 0 Å². The number of hydrogen-bond donors (Lipinski definition) is 1. The van der Waals surface area contributed by atoms with Crippen molar-refractivity contribution in [1.82, 2.24) is 5.32 Å². The molecule has 5 atom stereocenters. The maximum absolute atomic E-state index is 5.65. The van der Waals surface area contributed by atoms with Crippen molar-refractivity contribution < 1.29 is 4.42 Å². The third-order valence-corrected chi connectivity index (χ3v) is 5.49. The number of aryl methyl sites for hydroxylation is 2. The van der Waals surface area contributed by atoms with E-state index < -0.39 is 0 Å². The molecule has 0 aliphatic heterocycles. The van der Waals surface area contributed by atoms with Crippen molar-refractivity contribution in [3.8, 4) is 0 Å². The minimum atomic E-state index is 0.395. The Bertz CT molecular complexity index is 450. The molecule has 106 valence electrons. The van der Waals surface area contributed by atoms with E-state index in [4.69, 9.17) is 4.42 Å². The first-order valence-electron chi connectivity index (χ1n) is 7.87. The lowest BCUT2D eigenvalue weighted by molar-refractivity contribution is 0.248. The Balaban J connectivity index is 1.63. The normalized spacial score (nSPS) is 32.7. The van der Waals surface area contributed by atoms with Crippen LogP contribution in [0.5, 0.6) is 0 Å². The van der Waals surface area contributed by atoms with E-state index in [2.05, 4.69) is 32.2 Å². The van der Waals surface area contributed by atoms with Crippen LogP contribution in [0.25, 0.3) is 0 Å². The number of fused-ring (bicyclic) bond motifs is 2. The summed E-state index contributed by atoms with van der Waals surface area (Å²) >= 11 is 0. The summed E-state index contributed by atoms with van der Waals surface area (Å²) < 4.78 is 5.65. The van der Waals surface area contributed by atoms with Crippen molar-refractivity contribution in [3.05, 3.63) is 23.2 Å². The quantitative estimate of drug-likeness (QED) is 0.870. The molecule has 1 aromatic heterocycles. The predicted octanol–water partition coefficient (Wildman–Crippen LogP) is 4.37. The molecule has 0 amide bonds. The van der Waals surface area contributed by atoms with Gasteiger partial charge >= 0.3 is 0 Å². The molecular weight excluding hydrogens is 234 g/mol. The van der Waals surface area contributed by atoms with Gasteiger partial charge in [0.1, 0.15) is 11.5 Å². The molecule has 0 spiro atoms. The maximum atomic E-state index is 5.65. The van der Waals surface area contributed by atoms with Gasteiger partial charge in [-0.25, -0.2) is 0 Å². The van der Waals surface area contributed by atoms with Gasteiger partial charge in [-0.05, 0) is 70.8 Å². The molecule has 3 rings (SSSR count). The molecule has 2 aliphatic carbocycles. The molecule has 1 N–H and O–H groups in total. The zero-order chi connectivity index (χ0) is 13.6. The molecule has 2 heteroatoms. The average Bonchev–Trinajstić information content (AvgIpc) is 3.03. The minimum Gasteiger partial charge on any atom is -0.466 e. The SMILES string of the molecule is Cc1cc(C(C)NC(C)C2CC3CCC2C3)c(C)o1. The predicted molar refractivity (Wildman–Crippen MR) is 78.1 cm³/mol. The Kier molecular flexibility index (Phi) is 3.46. The fourth-order valence-electron chi connectivity index (χ4n) is 4.59. The van der Waals surface area contributed by atoms with Crippen molar-refractivity contribution in [3.63, 3.8) is 0 Å². The molecular formula is C17H27NO. The smallest absolute Gasteiger partial charge is 0.105 e. The average molecular weight is 261 g/mol. The number of rotatable bonds is 4. The first kappa shape index (κ1) is 13.2. The van der Waals surface area contributed by atoms with E-state index in [0.29, 0.717) is 12.1 Å². The molecule has 2 aliphatic rings. The maximum Gasteiger partial charge on any atom is 0.105 e. The lowest BCUT2D eigenvalue weighted by Gasteiger charge is -2.31. The molecule has 2 fully saturated rings. The lowest BCUT2D eigenvalue weighted by Crippen LogP contribution is -2.37. The van der Waals surface area contributed by atoms with Gasteiger partial charge in [-0.15, -0.1) is 0 Å². The summed E-state index contributed by atoms with van der Waals surface area (Å²) in [6.07, 6.45) is 5.91. The van der Waals surface area contributed by atoms with Crippen LogP contribution < -0.4 is 5.32 Å². The second-order valence-corrected chi connectivity index (χ2v) is 6.88. The van der Waals surface area contributed by atoms with Crippen LogP contribution in [0.15, 0.2) is 10.5 Å². The summed E-state index contributed by atoms with van der Waals surface area (Å²) in [4.78, 5) is 0. The highest BCUT2D eigenvalue weighted by Crippen LogP contribution is 2.49. The van der Waals surface area contributed by atoms with Crippen LogP contribution in [-0.2, 0) is 0 Å². The third-order valence-electron chi connectivity index (χ3n) is 5.49. The molecule has 2 saturated carbocycles. The standard InChI is InChI=1S/C17H27NO/c1-10-7-16(13(4)19-10)11(2)18-12(3)17-9-14-5-6-15(17)8-14/h7,11-12,14-15,17-18H,5-6,8-9H2,1-4H3. The number of nitrogens with one attached hydrogen (secondary N) is 1. The Hall–Kier alpha value is -0.760. The summed E-state index contributed by atoms with van der Waals surface area (Å²) in [6.45, 7) is 8.75. The van der Waals surface area contributed by atoms with Crippen molar-refractivity contribution in [2.45, 2.75) is 65.5 Å². The van der Waals surface area contributed by atoms with E-state index in [1.165, 1.54) is 31.2 Å². The van der Waals surface area contributed by atoms with E-state index in [-0.39, 0.29) is 0 Å². The third kappa shape index (κ3) is 2.47. The Labute approximate surface area is 117 Å². The second kappa shape index (κ2) is 4.97. The summed E-state index contributed by atoms with van der Waals surface area (Å²) in [5.41, 5.74) is 1.33. The fraction of sp³-hybridized carbons (Fsp3) is 0.765. The van der Waals surface area contributed by atoms with E-state index in [0.717, 1.165) is 29.3 Å². The first-order valence-corrected chi connectivity index (χ1v) is 7.87. The molecule has 1 heterocycles. The van der Waals surface area contributed by atoms with Gasteiger partial charge in [0, 0.05) is 17.6 Å². The molecule has 2 nitrogen and oxygen atoms in total. The number of furan rings is 1. The zero-order valence-corrected chi connectivity index (χ0v) is 12.7. The van der Waals surface area contributed by atoms with Gasteiger partial charge in [-0.3, -0.25) is 0 Å². The summed E-state index contributed by atoms with van der Waals surface area (Å²) in [6, 6.07) is 3.20. The van der Waals surface area contributed by atoms with Gasteiger partial charge < -0.3 is 9.73 Å². The molecule has 5 unspecified atom stereocenters. The summed E-state index contributed by atoms with van der Waals surface area (Å²) in [5.74, 6) is 5.01. The fourth-order valence-corrected chi connectivity index (χ4v) is 4.59. The van der Waals surface area contributed by atoms with E-state index in [1.807, 2.05) is 6.92 Å². The van der Waals surface area contributed by atoms with Gasteiger partial charge in [-0.2, -0.15) is 0 Å². The monoisotopic (exact) mass is 261 g/mol. The molecule has 0 aromatic carbocycles. The zero-order valence-electron chi connectivity index (χ0n) is 12.7. The first-order chi connectivity index (χ1) is 9.04. The van der Waals surface area contributed by atoms with Crippen LogP contribution in [0.1, 0.15) is 62.7 Å². The van der Waals surface area contributed by atoms with Crippen LogP contribution in [0, 0.1) is 31.6 Å². The van der Waals surface area contributed by atoms with Gasteiger partial charge in [0.05, 0.1) is 0 Å². The van der Waals surface area contributed by atoms with E-state index in [9.17, 15) is 0 Å². The molecule has 2 bridgehead atoms. The van der Waals surface area contributed by atoms with Gasteiger partial charge in [0.25, 0.3) is 0 Å². The number of hydrogen-bond acceptors (Lipinski definition) is 2. The largest absolute Gasteiger partial charge is 0.466 e. The van der Waals surface area contributed by atoms with Crippen molar-refractivity contribution >= 4 is 0 Å². The lowest BCUT2D eigenvalue weighted by atomic mass is 9.83. The minimum absolute atomic E-state index is 0.395. The Morgan fingerprint density at radius 3 is 2.53 bits per heavy atom. The summed E-state index contributed by atoms with van der Waals surface area (Å²) in [7, 11) is 0. The topological polar surface area (TPSA) is 25.2 Å². The molecule has 19 heavy (non-hydrogen) atoms. The van der Waals surface area contributed by atoms with Crippen molar-refractivity contribution in [2.75, 3.05) is 0 Å². The van der Waals surface area contributed by atoms with E-state index >= 15 is 0 Å². The van der Waals surface area contributed by atoms with Crippen molar-refractivity contribution in [2.24, 2.45) is 17.8 Å². The molecule has 0 saturated heterocycles. The Morgan fingerprint density at radius 2 is 2.00 bits per heavy atom. The van der Waals surface area contributed by atoms with Crippen LogP contribution in [-0.4, -0.2) is 6.04 Å². The highest BCUT2D eigenvalue weighted by molar-refractivity contribution is 5.23. The van der Waals surface area contributed by atoms with Crippen molar-refractivity contribution in [1.29, 1.82) is 0 Å². The second-order valence-electron chi connectivity index (χ2n) is 6.88. The highest BCUT2D eigenvalue weighted by Gasteiger charge is 2.41. The van der Waals surface area contributed by atoms with Crippen LogP contribution in [0.4, 0.5) is 0 Å². The van der Waals surface area contributed by atoms with Gasteiger partial charge in [0.2, 0.25) is 0 Å². The highest BCUT2D eigenvalue weighted by atomic mass is 16.3. The van der Waals surface area contributed by atoms with Gasteiger partial charge in [-0.1, -0.05) is 6.42 Å². The summed E-state index contributed by atoms with van der Waals surface area (Å²) in [5, 5.41) is 3.82. The van der Waals surface area contributed by atoms with Gasteiger partial charge in [0.15, 0.2) is 0 Å². The Morgan fingerprint density at radius 1 is 1.21 bits per heavy atom. The molecule has 0 radical (unpaired) electrons. The molecule has 1 aromatic rings. The van der Waals surface area contributed by atoms with Crippen LogP contribution in [0.3, 0.4) is 0 Å². The van der Waals surface area contributed by atoms with Crippen LogP contribution >= 0.6 is 0 Å².